The molecule has 1 aliphatic heterocycles. The van der Waals surface area contributed by atoms with E-state index < -0.39 is 0 Å². The molecule has 0 aromatic rings. The van der Waals surface area contributed by atoms with Crippen LogP contribution in [0.2, 0.25) is 0 Å². The van der Waals surface area contributed by atoms with E-state index in [9.17, 15) is 0 Å². The van der Waals surface area contributed by atoms with E-state index >= 15 is 0 Å². The zero-order chi connectivity index (χ0) is 21.0. The summed E-state index contributed by atoms with van der Waals surface area (Å²) >= 11 is 0. The fraction of sp³-hybridized carbons (Fsp3) is 0.929. The van der Waals surface area contributed by atoms with Gasteiger partial charge in [-0.15, -0.1) is 0 Å². The maximum atomic E-state index is 4.49. The average molecular weight is 417 g/mol. The minimum atomic E-state index is 0.935. The molecular formula is C28H52N2. The van der Waals surface area contributed by atoms with Crippen molar-refractivity contribution >= 4 is 0 Å². The maximum absolute atomic E-state index is 4.49. The molecule has 0 N–H and O–H groups in total. The van der Waals surface area contributed by atoms with E-state index in [1.165, 1.54) is 141 Å². The molecule has 174 valence electrons. The van der Waals surface area contributed by atoms with Crippen molar-refractivity contribution in [3.8, 4) is 0 Å². The van der Waals surface area contributed by atoms with E-state index in [0.717, 1.165) is 24.9 Å². The Kier molecular flexibility index (Phi) is 16.3. The van der Waals surface area contributed by atoms with Crippen molar-refractivity contribution < 1.29 is 0 Å². The van der Waals surface area contributed by atoms with Crippen LogP contribution in [-0.2, 0) is 0 Å². The van der Waals surface area contributed by atoms with Crippen molar-refractivity contribution in [1.29, 1.82) is 0 Å². The monoisotopic (exact) mass is 416 g/mol. The van der Waals surface area contributed by atoms with Gasteiger partial charge in [0.1, 0.15) is 0 Å². The lowest BCUT2D eigenvalue weighted by Gasteiger charge is -2.28. The molecule has 1 aliphatic carbocycles. The van der Waals surface area contributed by atoms with Gasteiger partial charge in [-0.2, -0.15) is 10.2 Å². The van der Waals surface area contributed by atoms with Gasteiger partial charge >= 0.3 is 0 Å². The molecular weight excluding hydrogens is 364 g/mol. The lowest BCUT2D eigenvalue weighted by atomic mass is 9.78. The Morgan fingerprint density at radius 2 is 0.767 bits per heavy atom. The third-order valence-electron chi connectivity index (χ3n) is 7.49. The Morgan fingerprint density at radius 3 is 1.40 bits per heavy atom. The second-order valence-corrected chi connectivity index (χ2v) is 10.1. The Labute approximate surface area is 188 Å². The highest BCUT2D eigenvalue weighted by Crippen LogP contribution is 2.33. The largest absolute Gasteiger partial charge is 0.194 e. The number of allylic oxidation sites excluding steroid dienone is 2. The molecule has 2 aliphatic rings. The van der Waals surface area contributed by atoms with Crippen LogP contribution in [0.25, 0.3) is 0 Å². The number of hydrogen-bond donors (Lipinski definition) is 0. The molecule has 0 radical (unpaired) electrons. The van der Waals surface area contributed by atoms with Crippen LogP contribution in [0.3, 0.4) is 0 Å². The molecule has 30 heavy (non-hydrogen) atoms. The quantitative estimate of drug-likeness (QED) is 0.380. The summed E-state index contributed by atoms with van der Waals surface area (Å²) in [5, 5.41) is 8.92. The summed E-state index contributed by atoms with van der Waals surface area (Å²) in [4.78, 5) is 0. The number of nitrogens with zero attached hydrogens (tertiary/aromatic N) is 2. The first kappa shape index (κ1) is 25.6. The van der Waals surface area contributed by atoms with Crippen LogP contribution in [0.4, 0.5) is 0 Å². The van der Waals surface area contributed by atoms with Crippen LogP contribution in [0, 0.1) is 11.8 Å². The van der Waals surface area contributed by atoms with Gasteiger partial charge in [0.15, 0.2) is 0 Å². The van der Waals surface area contributed by atoms with E-state index in [1.807, 2.05) is 0 Å². The standard InChI is InChI=1S/C28H52N2/c1-2-4-6-9-13-17-22-27(21-16-12-8-5-3-1)28-23-18-14-10-7-11-15-19-25-29-30-26-20-24-28/h5,8,27-28H,1-4,6-7,9-26H2. The summed E-state index contributed by atoms with van der Waals surface area (Å²) < 4.78 is 0. The second kappa shape index (κ2) is 19.1. The summed E-state index contributed by atoms with van der Waals surface area (Å²) in [6.07, 6.45) is 35.9. The van der Waals surface area contributed by atoms with E-state index in [2.05, 4.69) is 22.4 Å². The molecule has 0 fully saturated rings. The Hall–Kier alpha value is -0.660. The predicted molar refractivity (Wildman–Crippen MR) is 132 cm³/mol. The van der Waals surface area contributed by atoms with Gasteiger partial charge in [-0.25, -0.2) is 0 Å². The molecule has 2 atom stereocenters. The molecule has 0 amide bonds. The lowest BCUT2D eigenvalue weighted by molar-refractivity contribution is 0.241. The van der Waals surface area contributed by atoms with E-state index in [1.54, 1.807) is 0 Å². The Bertz CT molecular complexity index is 388. The lowest BCUT2D eigenvalue weighted by Crippen LogP contribution is -2.16. The molecule has 2 unspecified atom stereocenters. The highest BCUT2D eigenvalue weighted by Gasteiger charge is 2.20. The van der Waals surface area contributed by atoms with Gasteiger partial charge in [-0.05, 0) is 63.2 Å². The average Bonchev–Trinajstić information content (AvgIpc) is 2.77. The smallest absolute Gasteiger partial charge is 0.0599 e. The van der Waals surface area contributed by atoms with Crippen LogP contribution in [0.15, 0.2) is 22.4 Å². The molecule has 2 nitrogen and oxygen atoms in total. The van der Waals surface area contributed by atoms with Crippen LogP contribution < -0.4 is 0 Å². The Balaban J connectivity index is 1.88. The molecule has 0 spiro atoms. The zero-order valence-corrected chi connectivity index (χ0v) is 20.2. The fourth-order valence-corrected chi connectivity index (χ4v) is 5.56. The van der Waals surface area contributed by atoms with Crippen LogP contribution in [-0.4, -0.2) is 13.1 Å². The number of hydrogen-bond acceptors (Lipinski definition) is 2. The fourth-order valence-electron chi connectivity index (χ4n) is 5.56. The van der Waals surface area contributed by atoms with Gasteiger partial charge in [0.25, 0.3) is 0 Å². The summed E-state index contributed by atoms with van der Waals surface area (Å²) in [6, 6.07) is 0. The second-order valence-electron chi connectivity index (χ2n) is 10.1. The van der Waals surface area contributed by atoms with Gasteiger partial charge in [-0.3, -0.25) is 0 Å². The summed E-state index contributed by atoms with van der Waals surface area (Å²) in [6.45, 7) is 1.92. The van der Waals surface area contributed by atoms with E-state index in [0.29, 0.717) is 0 Å². The van der Waals surface area contributed by atoms with Crippen molar-refractivity contribution in [3.63, 3.8) is 0 Å². The molecule has 2 heteroatoms. The van der Waals surface area contributed by atoms with Crippen molar-refractivity contribution in [1.82, 2.24) is 0 Å². The van der Waals surface area contributed by atoms with Gasteiger partial charge in [0.05, 0.1) is 13.1 Å². The first-order chi connectivity index (χ1) is 15.0. The first-order valence-corrected chi connectivity index (χ1v) is 13.9. The third kappa shape index (κ3) is 13.6. The molecule has 0 bridgehead atoms. The molecule has 0 aromatic carbocycles. The minimum absolute atomic E-state index is 0.935. The summed E-state index contributed by atoms with van der Waals surface area (Å²) in [5.74, 6) is 1.89. The topological polar surface area (TPSA) is 24.7 Å². The zero-order valence-electron chi connectivity index (χ0n) is 20.2. The molecule has 2 rings (SSSR count). The van der Waals surface area contributed by atoms with E-state index in [4.69, 9.17) is 0 Å². The van der Waals surface area contributed by atoms with Crippen molar-refractivity contribution in [2.45, 2.75) is 141 Å². The number of rotatable bonds is 1. The van der Waals surface area contributed by atoms with Gasteiger partial charge in [0, 0.05) is 0 Å². The van der Waals surface area contributed by atoms with Gasteiger partial charge in [0.2, 0.25) is 0 Å². The normalized spacial score (nSPS) is 28.5. The van der Waals surface area contributed by atoms with Crippen molar-refractivity contribution in [2.24, 2.45) is 22.1 Å². The molecule has 0 aromatic heterocycles. The van der Waals surface area contributed by atoms with Crippen LogP contribution >= 0.6 is 0 Å². The highest BCUT2D eigenvalue weighted by molar-refractivity contribution is 4.82. The SMILES string of the molecule is C1=CCCCC(C2CCCCCCCCCN=NCCC2)CCCCCCCCC1. The third-order valence-corrected chi connectivity index (χ3v) is 7.49. The van der Waals surface area contributed by atoms with Gasteiger partial charge < -0.3 is 0 Å². The minimum Gasteiger partial charge on any atom is -0.194 e. The maximum Gasteiger partial charge on any atom is 0.0599 e. The molecule has 0 saturated heterocycles. The van der Waals surface area contributed by atoms with Crippen LogP contribution in [0.1, 0.15) is 141 Å². The summed E-state index contributed by atoms with van der Waals surface area (Å²) in [5.41, 5.74) is 0. The highest BCUT2D eigenvalue weighted by atomic mass is 15.1. The van der Waals surface area contributed by atoms with E-state index in [-0.39, 0.29) is 0 Å². The molecule has 0 saturated carbocycles. The van der Waals surface area contributed by atoms with Crippen LogP contribution in [0.5, 0.6) is 0 Å². The first-order valence-electron chi connectivity index (χ1n) is 13.9. The number of azo groups is 1. The summed E-state index contributed by atoms with van der Waals surface area (Å²) in [7, 11) is 0. The van der Waals surface area contributed by atoms with Crippen molar-refractivity contribution in [3.05, 3.63) is 12.2 Å². The van der Waals surface area contributed by atoms with Crippen molar-refractivity contribution in [2.75, 3.05) is 13.1 Å². The molecule has 1 heterocycles. The predicted octanol–water partition coefficient (Wildman–Crippen LogP) is 9.84. The van der Waals surface area contributed by atoms with Gasteiger partial charge in [-0.1, -0.05) is 102 Å². The Morgan fingerprint density at radius 1 is 0.367 bits per heavy atom.